The van der Waals surface area contributed by atoms with E-state index in [2.05, 4.69) is 0 Å². The van der Waals surface area contributed by atoms with E-state index in [9.17, 15) is 36.6 Å². The largest absolute Gasteiger partial charge is 0.508 e. The summed E-state index contributed by atoms with van der Waals surface area (Å²) in [6, 6.07) is 4.17. The molecule has 2 rings (SSSR count). The smallest absolute Gasteiger partial charge is 0.411 e. The van der Waals surface area contributed by atoms with Crippen LogP contribution in [0.3, 0.4) is 0 Å². The van der Waals surface area contributed by atoms with Gasteiger partial charge in [-0.05, 0) is 54.3 Å². The molecule has 136 valence electrons. The van der Waals surface area contributed by atoms with E-state index in [4.69, 9.17) is 0 Å². The average Bonchev–Trinajstić information content (AvgIpc) is 2.47. The second-order valence-electron chi connectivity index (χ2n) is 5.67. The van der Waals surface area contributed by atoms with Gasteiger partial charge in [0, 0.05) is 0 Å². The van der Waals surface area contributed by atoms with Crippen molar-refractivity contribution in [3.05, 3.63) is 58.7 Å². The lowest BCUT2D eigenvalue weighted by atomic mass is 9.70. The molecule has 0 aliphatic heterocycles. The quantitative estimate of drug-likeness (QED) is 0.726. The van der Waals surface area contributed by atoms with Gasteiger partial charge in [0.1, 0.15) is 11.5 Å². The van der Waals surface area contributed by atoms with Gasteiger partial charge in [-0.2, -0.15) is 26.3 Å². The number of rotatable bonds is 2. The molecule has 0 bridgehead atoms. The molecule has 0 atom stereocenters. The van der Waals surface area contributed by atoms with E-state index < -0.39 is 40.4 Å². The van der Waals surface area contributed by atoms with Crippen molar-refractivity contribution in [2.24, 2.45) is 0 Å². The summed E-state index contributed by atoms with van der Waals surface area (Å²) in [4.78, 5) is 0. The van der Waals surface area contributed by atoms with Gasteiger partial charge in [0.25, 0.3) is 0 Å². The van der Waals surface area contributed by atoms with Gasteiger partial charge in [-0.25, -0.2) is 0 Å². The Morgan fingerprint density at radius 3 is 1.60 bits per heavy atom. The Kier molecular flexibility index (Phi) is 4.44. The molecule has 2 nitrogen and oxygen atoms in total. The Bertz CT molecular complexity index is 761. The molecule has 0 fully saturated rings. The van der Waals surface area contributed by atoms with Crippen molar-refractivity contribution in [1.82, 2.24) is 0 Å². The van der Waals surface area contributed by atoms with Gasteiger partial charge in [0.05, 0.1) is 0 Å². The molecule has 0 amide bonds. The molecule has 2 aromatic rings. The highest BCUT2D eigenvalue weighted by Crippen LogP contribution is 2.57. The number of benzene rings is 2. The first-order chi connectivity index (χ1) is 11.3. The van der Waals surface area contributed by atoms with Gasteiger partial charge in [-0.3, -0.25) is 0 Å². The molecule has 0 aromatic heterocycles. The summed E-state index contributed by atoms with van der Waals surface area (Å²) in [5, 5.41) is 18.8. The molecule has 0 radical (unpaired) electrons. The first kappa shape index (κ1) is 19.0. The molecular formula is C17H14F6O2. The molecule has 2 N–H and O–H groups in total. The fourth-order valence-electron chi connectivity index (χ4n) is 2.87. The van der Waals surface area contributed by atoms with Crippen molar-refractivity contribution in [3.63, 3.8) is 0 Å². The second-order valence-corrected chi connectivity index (χ2v) is 5.67. The second kappa shape index (κ2) is 5.86. The molecule has 0 saturated heterocycles. The van der Waals surface area contributed by atoms with Crippen LogP contribution in [-0.4, -0.2) is 22.6 Å². The summed E-state index contributed by atoms with van der Waals surface area (Å²) in [6.07, 6.45) is -11.4. The number of hydrogen-bond donors (Lipinski definition) is 2. The van der Waals surface area contributed by atoms with Crippen LogP contribution in [0.15, 0.2) is 36.4 Å². The number of phenols is 2. The van der Waals surface area contributed by atoms with Crippen LogP contribution in [0.4, 0.5) is 26.3 Å². The maximum Gasteiger partial charge on any atom is 0.411 e. The maximum absolute atomic E-state index is 13.9. The normalized spacial score (nSPS) is 13.1. The Hall–Kier alpha value is -2.38. The lowest BCUT2D eigenvalue weighted by Gasteiger charge is -2.39. The fraction of sp³-hybridized carbons (Fsp3) is 0.294. The predicted molar refractivity (Wildman–Crippen MR) is 78.6 cm³/mol. The Morgan fingerprint density at radius 2 is 1.16 bits per heavy atom. The highest BCUT2D eigenvalue weighted by molar-refractivity contribution is 5.53. The highest BCUT2D eigenvalue weighted by Gasteiger charge is 2.72. The molecular weight excluding hydrogens is 350 g/mol. The predicted octanol–water partition coefficient (Wildman–Crippen LogP) is 5.13. The van der Waals surface area contributed by atoms with Crippen LogP contribution >= 0.6 is 0 Å². The summed E-state index contributed by atoms with van der Waals surface area (Å²) in [5.74, 6) is -0.856. The molecule has 0 aliphatic carbocycles. The van der Waals surface area contributed by atoms with Crippen molar-refractivity contribution in [2.45, 2.75) is 31.6 Å². The molecule has 25 heavy (non-hydrogen) atoms. The molecule has 0 heterocycles. The summed E-state index contributed by atoms with van der Waals surface area (Å²) >= 11 is 0. The van der Waals surface area contributed by atoms with Crippen LogP contribution in [0, 0.1) is 13.8 Å². The molecule has 2 aromatic carbocycles. The van der Waals surface area contributed by atoms with Gasteiger partial charge in [-0.15, -0.1) is 0 Å². The van der Waals surface area contributed by atoms with Gasteiger partial charge in [-0.1, -0.05) is 18.2 Å². The first-order valence-electron chi connectivity index (χ1n) is 7.06. The molecule has 0 saturated carbocycles. The minimum atomic E-state index is -5.71. The van der Waals surface area contributed by atoms with E-state index in [1.165, 1.54) is 6.92 Å². The SMILES string of the molecule is Cc1c(O)ccc(C(c2ccc(O)cc2)(C(F)(F)F)C(F)(F)F)c1C. The zero-order valence-electron chi connectivity index (χ0n) is 13.1. The van der Waals surface area contributed by atoms with Crippen molar-refractivity contribution >= 4 is 0 Å². The zero-order valence-corrected chi connectivity index (χ0v) is 13.1. The number of halogens is 6. The standard InChI is InChI=1S/C17H14F6O2/c1-9-10(2)14(25)8-7-13(9)15(16(18,19)20,17(21,22)23)11-3-5-12(24)6-4-11/h3-8,24-25H,1-2H3. The lowest BCUT2D eigenvalue weighted by molar-refractivity contribution is -0.288. The van der Waals surface area contributed by atoms with Crippen LogP contribution in [-0.2, 0) is 5.41 Å². The minimum absolute atomic E-state index is 0.0749. The summed E-state index contributed by atoms with van der Waals surface area (Å²) in [6.45, 7) is 2.33. The summed E-state index contributed by atoms with van der Waals surface area (Å²) in [5.41, 5.74) is -6.78. The van der Waals surface area contributed by atoms with E-state index in [0.29, 0.717) is 18.2 Å². The number of phenolic OH excluding ortho intramolecular Hbond substituents is 2. The third-order valence-electron chi connectivity index (χ3n) is 4.31. The molecule has 0 aliphatic rings. The van der Waals surface area contributed by atoms with E-state index in [1.54, 1.807) is 0 Å². The molecule has 8 heteroatoms. The molecule has 0 spiro atoms. The number of aromatic hydroxyl groups is 2. The van der Waals surface area contributed by atoms with Gasteiger partial charge in [0.2, 0.25) is 5.41 Å². The summed E-state index contributed by atoms with van der Waals surface area (Å²) < 4.78 is 83.5. The van der Waals surface area contributed by atoms with E-state index in [0.717, 1.165) is 25.1 Å². The van der Waals surface area contributed by atoms with Crippen molar-refractivity contribution < 1.29 is 36.6 Å². The van der Waals surface area contributed by atoms with Crippen LogP contribution in [0.5, 0.6) is 11.5 Å². The van der Waals surface area contributed by atoms with Gasteiger partial charge < -0.3 is 10.2 Å². The summed E-state index contributed by atoms with van der Waals surface area (Å²) in [7, 11) is 0. The van der Waals surface area contributed by atoms with Crippen molar-refractivity contribution in [3.8, 4) is 11.5 Å². The Morgan fingerprint density at radius 1 is 0.680 bits per heavy atom. The van der Waals surface area contributed by atoms with Crippen LogP contribution in [0.25, 0.3) is 0 Å². The first-order valence-corrected chi connectivity index (χ1v) is 7.06. The highest BCUT2D eigenvalue weighted by atomic mass is 19.4. The topological polar surface area (TPSA) is 40.5 Å². The van der Waals surface area contributed by atoms with Gasteiger partial charge >= 0.3 is 12.4 Å². The van der Waals surface area contributed by atoms with E-state index in [1.807, 2.05) is 0 Å². The average molecular weight is 364 g/mol. The van der Waals surface area contributed by atoms with Crippen molar-refractivity contribution in [2.75, 3.05) is 0 Å². The number of hydrogen-bond acceptors (Lipinski definition) is 2. The molecule has 0 unspecified atom stereocenters. The van der Waals surface area contributed by atoms with Crippen LogP contribution < -0.4 is 0 Å². The third-order valence-corrected chi connectivity index (χ3v) is 4.31. The van der Waals surface area contributed by atoms with Gasteiger partial charge in [0.15, 0.2) is 0 Å². The zero-order chi connectivity index (χ0) is 19.2. The Balaban J connectivity index is 3.00. The van der Waals surface area contributed by atoms with Crippen molar-refractivity contribution in [1.29, 1.82) is 0 Å². The monoisotopic (exact) mass is 364 g/mol. The van der Waals surface area contributed by atoms with Crippen LogP contribution in [0.1, 0.15) is 22.3 Å². The number of alkyl halides is 6. The van der Waals surface area contributed by atoms with E-state index in [-0.39, 0.29) is 11.1 Å². The van der Waals surface area contributed by atoms with E-state index >= 15 is 0 Å². The maximum atomic E-state index is 13.9. The van der Waals surface area contributed by atoms with Crippen LogP contribution in [0.2, 0.25) is 0 Å². The third kappa shape index (κ3) is 2.79. The lowest BCUT2D eigenvalue weighted by Crippen LogP contribution is -2.55. The minimum Gasteiger partial charge on any atom is -0.508 e. The fourth-order valence-corrected chi connectivity index (χ4v) is 2.87. The Labute approximate surface area is 139 Å².